The van der Waals surface area contributed by atoms with Gasteiger partial charge < -0.3 is 11.1 Å². The van der Waals surface area contributed by atoms with Crippen molar-refractivity contribution in [1.82, 2.24) is 0 Å². The molecule has 0 heterocycles. The lowest BCUT2D eigenvalue weighted by Gasteiger charge is -2.06. The zero-order valence-electron chi connectivity index (χ0n) is 8.64. The first-order valence-corrected chi connectivity index (χ1v) is 4.88. The van der Waals surface area contributed by atoms with Gasteiger partial charge in [0.2, 0.25) is 0 Å². The third kappa shape index (κ3) is 2.36. The van der Waals surface area contributed by atoms with Gasteiger partial charge in [-0.15, -0.1) is 0 Å². The van der Waals surface area contributed by atoms with E-state index < -0.39 is 0 Å². The molecule has 0 aliphatic heterocycles. The van der Waals surface area contributed by atoms with Gasteiger partial charge in [-0.25, -0.2) is 5.53 Å². The van der Waals surface area contributed by atoms with E-state index in [1.165, 1.54) is 0 Å². The molecule has 0 aromatic heterocycles. The van der Waals surface area contributed by atoms with Gasteiger partial charge in [0.05, 0.1) is 5.69 Å². The topological polar surface area (TPSA) is 74.3 Å². The molecule has 0 bridgehead atoms. The van der Waals surface area contributed by atoms with Crippen LogP contribution >= 0.6 is 0 Å². The van der Waals surface area contributed by atoms with Crippen LogP contribution < -0.4 is 11.1 Å². The number of nitrogens with zero attached hydrogens (tertiary/aromatic N) is 1. The molecule has 0 aliphatic rings. The van der Waals surface area contributed by atoms with E-state index >= 15 is 0 Å². The molecule has 2 rings (SSSR count). The first-order chi connectivity index (χ1) is 7.78. The highest BCUT2D eigenvalue weighted by atomic mass is 15.0. The number of hydrogen-bond donors (Lipinski definition) is 3. The van der Waals surface area contributed by atoms with Gasteiger partial charge in [0, 0.05) is 17.1 Å². The van der Waals surface area contributed by atoms with E-state index in [9.17, 15) is 0 Å². The van der Waals surface area contributed by atoms with E-state index in [0.717, 1.165) is 17.1 Å². The Morgan fingerprint density at radius 2 is 1.38 bits per heavy atom. The maximum Gasteiger partial charge on any atom is 0.0851 e. The Bertz CT molecular complexity index is 473. The molecule has 0 spiro atoms. The number of nitrogens with two attached hydrogens (primary N) is 1. The summed E-state index contributed by atoms with van der Waals surface area (Å²) in [5, 5.41) is 6.56. The maximum atomic E-state index is 6.85. The number of nitrogens with one attached hydrogen (secondary N) is 2. The lowest BCUT2D eigenvalue weighted by molar-refractivity contribution is 1.15. The van der Waals surface area contributed by atoms with Gasteiger partial charge in [0.1, 0.15) is 0 Å². The van der Waals surface area contributed by atoms with Crippen LogP contribution in [0.1, 0.15) is 0 Å². The van der Waals surface area contributed by atoms with E-state index in [4.69, 9.17) is 11.3 Å². The average Bonchev–Trinajstić information content (AvgIpc) is 2.33. The molecule has 4 nitrogen and oxygen atoms in total. The summed E-state index contributed by atoms with van der Waals surface area (Å²) in [6.07, 6.45) is 0. The predicted octanol–water partition coefficient (Wildman–Crippen LogP) is 3.67. The van der Waals surface area contributed by atoms with E-state index in [1.54, 1.807) is 12.1 Å². The van der Waals surface area contributed by atoms with Crippen LogP contribution in [0, 0.1) is 5.53 Å². The predicted molar refractivity (Wildman–Crippen MR) is 65.4 cm³/mol. The molecule has 80 valence electrons. The number of rotatable bonds is 3. The number of anilines is 3. The number of nitrogen functional groups attached to an aromatic ring is 1. The van der Waals surface area contributed by atoms with Gasteiger partial charge in [0.15, 0.2) is 0 Å². The fourth-order valence-corrected chi connectivity index (χ4v) is 1.35. The highest BCUT2D eigenvalue weighted by Crippen LogP contribution is 2.20. The Morgan fingerprint density at radius 1 is 0.875 bits per heavy atom. The van der Waals surface area contributed by atoms with Crippen molar-refractivity contribution < 1.29 is 0 Å². The quantitative estimate of drug-likeness (QED) is 0.536. The van der Waals surface area contributed by atoms with Gasteiger partial charge in [-0.1, -0.05) is 0 Å². The van der Waals surface area contributed by atoms with Crippen LogP contribution in [0.25, 0.3) is 0 Å². The van der Waals surface area contributed by atoms with Crippen molar-refractivity contribution in [2.75, 3.05) is 11.1 Å². The lowest BCUT2D eigenvalue weighted by Crippen LogP contribution is -1.90. The molecule has 16 heavy (non-hydrogen) atoms. The highest BCUT2D eigenvalue weighted by Gasteiger charge is 1.94. The van der Waals surface area contributed by atoms with Crippen LogP contribution in [0.15, 0.2) is 53.6 Å². The molecule has 0 aliphatic carbocycles. The molecular formula is C12H12N4. The highest BCUT2D eigenvalue weighted by molar-refractivity contribution is 5.63. The summed E-state index contributed by atoms with van der Waals surface area (Å²) in [4.78, 5) is 0. The molecule has 0 saturated heterocycles. The molecule has 0 atom stereocenters. The van der Waals surface area contributed by atoms with E-state index in [2.05, 4.69) is 10.4 Å². The van der Waals surface area contributed by atoms with Gasteiger partial charge in [-0.05, 0) is 48.5 Å². The summed E-state index contributed by atoms with van der Waals surface area (Å²) in [5.74, 6) is 0. The first kappa shape index (κ1) is 10.2. The van der Waals surface area contributed by atoms with Crippen LogP contribution in [0.4, 0.5) is 22.7 Å². The van der Waals surface area contributed by atoms with Crippen LogP contribution in [0.2, 0.25) is 0 Å². The third-order valence-corrected chi connectivity index (χ3v) is 2.20. The summed E-state index contributed by atoms with van der Waals surface area (Å²) in [7, 11) is 0. The molecule has 2 aromatic rings. The van der Waals surface area contributed by atoms with Crippen LogP contribution in [-0.4, -0.2) is 0 Å². The molecule has 0 radical (unpaired) electrons. The number of hydrogen-bond acceptors (Lipinski definition) is 4. The van der Waals surface area contributed by atoms with Crippen LogP contribution in [0.3, 0.4) is 0 Å². The Hall–Kier alpha value is -2.36. The monoisotopic (exact) mass is 212 g/mol. The lowest BCUT2D eigenvalue weighted by atomic mass is 10.2. The second-order valence-corrected chi connectivity index (χ2v) is 3.41. The fourth-order valence-electron chi connectivity index (χ4n) is 1.35. The Kier molecular flexibility index (Phi) is 2.82. The Balaban J connectivity index is 2.14. The minimum Gasteiger partial charge on any atom is -0.399 e. The molecule has 0 fully saturated rings. The molecule has 4 heteroatoms. The van der Waals surface area contributed by atoms with Crippen molar-refractivity contribution >= 4 is 22.7 Å². The minimum absolute atomic E-state index is 0.642. The van der Waals surface area contributed by atoms with E-state index in [1.807, 2.05) is 36.4 Å². The van der Waals surface area contributed by atoms with E-state index in [0.29, 0.717) is 5.69 Å². The molecule has 0 unspecified atom stereocenters. The summed E-state index contributed by atoms with van der Waals surface area (Å²) in [6.45, 7) is 0. The average molecular weight is 212 g/mol. The SMILES string of the molecule is N=Nc1ccc(Nc2ccc(N)cc2)cc1. The molecule has 0 saturated carbocycles. The second-order valence-electron chi connectivity index (χ2n) is 3.41. The first-order valence-electron chi connectivity index (χ1n) is 4.88. The van der Waals surface area contributed by atoms with Crippen molar-refractivity contribution in [2.24, 2.45) is 5.11 Å². The smallest absolute Gasteiger partial charge is 0.0851 e. The van der Waals surface area contributed by atoms with Gasteiger partial charge >= 0.3 is 0 Å². The van der Waals surface area contributed by atoms with Gasteiger partial charge in [0.25, 0.3) is 0 Å². The largest absolute Gasteiger partial charge is 0.399 e. The third-order valence-electron chi connectivity index (χ3n) is 2.20. The van der Waals surface area contributed by atoms with Crippen molar-refractivity contribution in [3.8, 4) is 0 Å². The van der Waals surface area contributed by atoms with Crippen molar-refractivity contribution in [1.29, 1.82) is 5.53 Å². The summed E-state index contributed by atoms with van der Waals surface area (Å²) < 4.78 is 0. The van der Waals surface area contributed by atoms with Gasteiger partial charge in [-0.2, -0.15) is 5.11 Å². The summed E-state index contributed by atoms with van der Waals surface area (Å²) in [6, 6.07) is 14.8. The molecule has 0 amide bonds. The normalized spacial score (nSPS) is 9.75. The summed E-state index contributed by atoms with van der Waals surface area (Å²) in [5.41, 5.74) is 15.8. The summed E-state index contributed by atoms with van der Waals surface area (Å²) >= 11 is 0. The van der Waals surface area contributed by atoms with E-state index in [-0.39, 0.29) is 0 Å². The van der Waals surface area contributed by atoms with Crippen LogP contribution in [-0.2, 0) is 0 Å². The van der Waals surface area contributed by atoms with Gasteiger partial charge in [-0.3, -0.25) is 0 Å². The zero-order chi connectivity index (χ0) is 11.4. The zero-order valence-corrected chi connectivity index (χ0v) is 8.64. The van der Waals surface area contributed by atoms with Crippen molar-refractivity contribution in [3.05, 3.63) is 48.5 Å². The van der Waals surface area contributed by atoms with Crippen molar-refractivity contribution in [3.63, 3.8) is 0 Å². The molecule has 2 aromatic carbocycles. The Morgan fingerprint density at radius 3 is 1.88 bits per heavy atom. The maximum absolute atomic E-state index is 6.85. The Labute approximate surface area is 93.6 Å². The van der Waals surface area contributed by atoms with Crippen LogP contribution in [0.5, 0.6) is 0 Å². The molecule has 4 N–H and O–H groups in total. The van der Waals surface area contributed by atoms with Crippen molar-refractivity contribution in [2.45, 2.75) is 0 Å². The fraction of sp³-hybridized carbons (Fsp3) is 0. The second kappa shape index (κ2) is 4.44. The molecular weight excluding hydrogens is 200 g/mol. The number of benzene rings is 2. The standard InChI is InChI=1S/C12H12N4/c13-9-1-3-10(4-2-9)15-11-5-7-12(16-14)8-6-11/h1-8,14-15H,13H2. The minimum atomic E-state index is 0.642.